The van der Waals surface area contributed by atoms with E-state index in [0.29, 0.717) is 12.5 Å². The number of H-pyrrole nitrogens is 2. The molecule has 3 N–H and O–H groups in total. The molecule has 12 heteroatoms. The third-order valence-corrected chi connectivity index (χ3v) is 11.8. The molecular formula is C44H52N6O6. The van der Waals surface area contributed by atoms with Gasteiger partial charge in [-0.2, -0.15) is 0 Å². The summed E-state index contributed by atoms with van der Waals surface area (Å²) < 4.78 is 17.0. The highest BCUT2D eigenvalue weighted by atomic mass is 16.6. The predicted octanol–water partition coefficient (Wildman–Crippen LogP) is 8.57. The number of imidazole rings is 2. The monoisotopic (exact) mass is 760 g/mol. The van der Waals surface area contributed by atoms with E-state index in [4.69, 9.17) is 24.2 Å². The van der Waals surface area contributed by atoms with Gasteiger partial charge in [0.05, 0.1) is 42.0 Å². The molecule has 4 heterocycles. The first-order valence-electron chi connectivity index (χ1n) is 19.9. The van der Waals surface area contributed by atoms with Gasteiger partial charge in [0.25, 0.3) is 0 Å². The van der Waals surface area contributed by atoms with Crippen molar-refractivity contribution in [2.45, 2.75) is 110 Å². The number of alkyl carbamates (subject to hydrolysis) is 1. The molecule has 1 aliphatic carbocycles. The van der Waals surface area contributed by atoms with Crippen LogP contribution in [-0.4, -0.2) is 67.6 Å². The number of rotatable bonds is 7. The second kappa shape index (κ2) is 14.3. The van der Waals surface area contributed by atoms with E-state index in [1.165, 1.54) is 7.11 Å². The number of likely N-dealkylation sites (tertiary alicyclic amines) is 1. The summed E-state index contributed by atoms with van der Waals surface area (Å²) in [5.41, 5.74) is 6.31. The summed E-state index contributed by atoms with van der Waals surface area (Å²) in [5.74, 6) is 2.12. The first-order chi connectivity index (χ1) is 26.7. The van der Waals surface area contributed by atoms with E-state index in [-0.39, 0.29) is 41.7 Å². The van der Waals surface area contributed by atoms with Crippen molar-refractivity contribution < 1.29 is 28.6 Å². The molecule has 3 aromatic carbocycles. The molecule has 2 amide bonds. The van der Waals surface area contributed by atoms with Gasteiger partial charge < -0.3 is 34.4 Å². The van der Waals surface area contributed by atoms with Gasteiger partial charge in [-0.05, 0) is 112 Å². The van der Waals surface area contributed by atoms with Crippen molar-refractivity contribution in [2.24, 2.45) is 17.8 Å². The summed E-state index contributed by atoms with van der Waals surface area (Å²) in [4.78, 5) is 58.0. The Morgan fingerprint density at radius 2 is 1.79 bits per heavy atom. The SMILES string of the molecule is COC(=O)N[C@H](C(=O)N1[C@@H](C)CC[C@H]1c1nc2c(ccc3cc4c(cc32)OCc2cc(-c3cnc(C5C[C@H](C)CC5C(=O)OC(C)(C)C)[nH]3)ccc2-4)[nH]1)C(C)C. The zero-order valence-corrected chi connectivity index (χ0v) is 33.5. The van der Waals surface area contributed by atoms with Crippen LogP contribution in [0.1, 0.15) is 103 Å². The normalized spacial score (nSPS) is 22.5. The van der Waals surface area contributed by atoms with Gasteiger partial charge >= 0.3 is 12.1 Å². The van der Waals surface area contributed by atoms with Crippen LogP contribution in [0.25, 0.3) is 44.2 Å². The molecule has 56 heavy (non-hydrogen) atoms. The molecule has 3 aliphatic rings. The lowest BCUT2D eigenvalue weighted by Gasteiger charge is -2.32. The second-order valence-corrected chi connectivity index (χ2v) is 17.4. The second-order valence-electron chi connectivity index (χ2n) is 17.4. The maximum Gasteiger partial charge on any atom is 0.407 e. The minimum Gasteiger partial charge on any atom is -0.488 e. The molecule has 5 aromatic rings. The van der Waals surface area contributed by atoms with E-state index in [2.05, 4.69) is 58.6 Å². The van der Waals surface area contributed by atoms with E-state index < -0.39 is 17.7 Å². The van der Waals surface area contributed by atoms with Crippen LogP contribution in [0, 0.1) is 17.8 Å². The van der Waals surface area contributed by atoms with Crippen molar-refractivity contribution in [1.82, 2.24) is 30.2 Å². The Bertz CT molecular complexity index is 2340. The summed E-state index contributed by atoms with van der Waals surface area (Å²) in [5, 5.41) is 4.75. The number of amides is 2. The Balaban J connectivity index is 1.06. The molecule has 6 atom stereocenters. The van der Waals surface area contributed by atoms with Crippen LogP contribution in [0.5, 0.6) is 5.75 Å². The Morgan fingerprint density at radius 3 is 2.54 bits per heavy atom. The van der Waals surface area contributed by atoms with E-state index in [0.717, 1.165) is 92.8 Å². The number of hydrogen-bond acceptors (Lipinski definition) is 8. The highest BCUT2D eigenvalue weighted by Gasteiger charge is 2.43. The molecule has 0 bridgehead atoms. The fourth-order valence-electron chi connectivity index (χ4n) is 9.02. The van der Waals surface area contributed by atoms with Gasteiger partial charge in [0.2, 0.25) is 5.91 Å². The number of methoxy groups -OCH3 is 1. The largest absolute Gasteiger partial charge is 0.488 e. The Morgan fingerprint density at radius 1 is 0.982 bits per heavy atom. The first-order valence-corrected chi connectivity index (χ1v) is 19.9. The Labute approximate surface area is 327 Å². The summed E-state index contributed by atoms with van der Waals surface area (Å²) in [6, 6.07) is 13.8. The van der Waals surface area contributed by atoms with Crippen LogP contribution in [0.4, 0.5) is 4.79 Å². The number of fused-ring (bicyclic) bond motifs is 6. The predicted molar refractivity (Wildman–Crippen MR) is 214 cm³/mol. The number of hydrogen-bond donors (Lipinski definition) is 3. The van der Waals surface area contributed by atoms with Gasteiger partial charge in [0.15, 0.2) is 0 Å². The van der Waals surface area contributed by atoms with Crippen LogP contribution in [0.2, 0.25) is 0 Å². The highest BCUT2D eigenvalue weighted by Crippen LogP contribution is 2.45. The van der Waals surface area contributed by atoms with Crippen LogP contribution < -0.4 is 10.1 Å². The van der Waals surface area contributed by atoms with Crippen LogP contribution >= 0.6 is 0 Å². The fraction of sp³-hybridized carbons (Fsp3) is 0.477. The number of aromatic amines is 2. The fourth-order valence-corrected chi connectivity index (χ4v) is 9.02. The van der Waals surface area contributed by atoms with Crippen molar-refractivity contribution in [3.8, 4) is 28.1 Å². The van der Waals surface area contributed by atoms with E-state index >= 15 is 0 Å². The quantitative estimate of drug-likeness (QED) is 0.140. The van der Waals surface area contributed by atoms with Gasteiger partial charge in [0.1, 0.15) is 35.6 Å². The van der Waals surface area contributed by atoms with Gasteiger partial charge in [-0.25, -0.2) is 14.8 Å². The molecule has 8 rings (SSSR count). The lowest BCUT2D eigenvalue weighted by molar-refractivity contribution is -0.160. The number of aromatic nitrogens is 4. The zero-order chi connectivity index (χ0) is 39.6. The van der Waals surface area contributed by atoms with Crippen molar-refractivity contribution >= 4 is 39.8 Å². The molecule has 2 aromatic heterocycles. The molecule has 12 nitrogen and oxygen atoms in total. The Hall–Kier alpha value is -5.39. The highest BCUT2D eigenvalue weighted by molar-refractivity contribution is 6.07. The van der Waals surface area contributed by atoms with Crippen molar-refractivity contribution in [3.63, 3.8) is 0 Å². The molecule has 2 aliphatic heterocycles. The number of carbonyl (C=O) groups is 3. The number of nitrogens with zero attached hydrogens (tertiary/aromatic N) is 3. The van der Waals surface area contributed by atoms with E-state index in [9.17, 15) is 14.4 Å². The van der Waals surface area contributed by atoms with E-state index in [1.807, 2.05) is 58.7 Å². The third kappa shape index (κ3) is 6.87. The number of ether oxygens (including phenoxy) is 3. The smallest absolute Gasteiger partial charge is 0.407 e. The maximum atomic E-state index is 13.9. The van der Waals surface area contributed by atoms with Crippen LogP contribution in [0.15, 0.2) is 48.7 Å². The van der Waals surface area contributed by atoms with E-state index in [1.54, 1.807) is 0 Å². The van der Waals surface area contributed by atoms with Gasteiger partial charge in [-0.3, -0.25) is 9.59 Å². The molecule has 2 fully saturated rings. The number of benzene rings is 3. The molecule has 294 valence electrons. The summed E-state index contributed by atoms with van der Waals surface area (Å²) in [6.45, 7) is 14.2. The number of esters is 1. The average Bonchev–Trinajstić information content (AvgIpc) is 3.97. The van der Waals surface area contributed by atoms with Crippen molar-refractivity contribution in [3.05, 3.63) is 65.9 Å². The summed E-state index contributed by atoms with van der Waals surface area (Å²) in [6.07, 6.45) is 4.51. The van der Waals surface area contributed by atoms with Crippen molar-refractivity contribution in [1.29, 1.82) is 0 Å². The van der Waals surface area contributed by atoms with Crippen LogP contribution in [0.3, 0.4) is 0 Å². The maximum absolute atomic E-state index is 13.9. The third-order valence-electron chi connectivity index (χ3n) is 11.8. The van der Waals surface area contributed by atoms with Gasteiger partial charge in [-0.15, -0.1) is 0 Å². The van der Waals surface area contributed by atoms with Gasteiger partial charge in [0, 0.05) is 22.9 Å². The lowest BCUT2D eigenvalue weighted by atomic mass is 9.92. The number of nitrogens with one attached hydrogen (secondary N) is 3. The van der Waals surface area contributed by atoms with Crippen LogP contribution in [-0.2, 0) is 25.7 Å². The lowest BCUT2D eigenvalue weighted by Crippen LogP contribution is -2.52. The average molecular weight is 761 g/mol. The molecule has 2 unspecified atom stereocenters. The van der Waals surface area contributed by atoms with Crippen molar-refractivity contribution in [2.75, 3.05) is 7.11 Å². The zero-order valence-electron chi connectivity index (χ0n) is 33.5. The standard InChI is InChI=1S/C44H52N6O6/c1-22(2)37(49-43(53)54-8)41(51)50-24(4)9-14-35(50)40-46-33-13-11-25-18-30-28-12-10-26(17-27(28)21-55-36(30)19-29(25)38(33)48-40)34-20-45-39(47-34)31-15-23(3)16-32(31)42(52)56-44(5,6)7/h10-13,17-20,22-24,31-32,35,37H,9,14-16,21H2,1-8H3,(H,45,47)(H,46,48)(H,49,53)/t23-,24-,31?,32?,35-,37-/m0/s1. The molecule has 0 spiro atoms. The summed E-state index contributed by atoms with van der Waals surface area (Å²) >= 11 is 0. The topological polar surface area (TPSA) is 152 Å². The first kappa shape index (κ1) is 37.5. The number of carbonyl (C=O) groups excluding carboxylic acids is 3. The molecule has 1 saturated carbocycles. The summed E-state index contributed by atoms with van der Waals surface area (Å²) in [7, 11) is 1.30. The minimum absolute atomic E-state index is 0.0116. The Kier molecular flexibility index (Phi) is 9.57. The molecular weight excluding hydrogens is 709 g/mol. The molecule has 0 radical (unpaired) electrons. The van der Waals surface area contributed by atoms with Gasteiger partial charge in [-0.1, -0.05) is 39.0 Å². The molecule has 1 saturated heterocycles. The minimum atomic E-state index is -0.713.